The molecule has 146 valence electrons. The van der Waals surface area contributed by atoms with Crippen LogP contribution in [0.15, 0.2) is 28.9 Å². The Morgan fingerprint density at radius 1 is 1.32 bits per heavy atom. The number of carbonyl (C=O) groups excluding carboxylic acids is 1. The zero-order valence-electron chi connectivity index (χ0n) is 16.5. The first-order valence-corrected chi connectivity index (χ1v) is 9.83. The monoisotopic (exact) mass is 398 g/mol. The molecule has 1 saturated heterocycles. The Morgan fingerprint density at radius 2 is 2.04 bits per heavy atom. The van der Waals surface area contributed by atoms with Crippen LogP contribution in [0.1, 0.15) is 39.8 Å². The number of hydrogen-bond acceptors (Lipinski definition) is 5. The van der Waals surface area contributed by atoms with Crippen LogP contribution in [-0.2, 0) is 4.79 Å². The quantitative estimate of drug-likeness (QED) is 0.781. The average Bonchev–Trinajstić information content (AvgIpc) is 2.95. The van der Waals surface area contributed by atoms with Crippen LogP contribution in [0, 0.1) is 22.2 Å². The van der Waals surface area contributed by atoms with E-state index in [1.165, 1.54) is 6.20 Å². The highest BCUT2D eigenvalue weighted by atomic mass is 35.5. The Hall–Kier alpha value is -2.39. The largest absolute Gasteiger partial charge is 0.487 e. The number of carbonyl (C=O) groups is 1. The summed E-state index contributed by atoms with van der Waals surface area (Å²) in [7, 11) is 0. The van der Waals surface area contributed by atoms with E-state index in [0.29, 0.717) is 12.3 Å². The number of nitriles is 1. The van der Waals surface area contributed by atoms with Crippen molar-refractivity contribution in [2.75, 3.05) is 13.1 Å². The van der Waals surface area contributed by atoms with E-state index in [-0.39, 0.29) is 39.6 Å². The topological polar surface area (TPSA) is 78.6 Å². The molecule has 1 aliphatic carbocycles. The van der Waals surface area contributed by atoms with Gasteiger partial charge in [-0.15, -0.1) is 0 Å². The van der Waals surface area contributed by atoms with Gasteiger partial charge in [0.15, 0.2) is 5.69 Å². The predicted molar refractivity (Wildman–Crippen MR) is 106 cm³/mol. The summed E-state index contributed by atoms with van der Waals surface area (Å²) in [4.78, 5) is 23.6. The second-order valence-corrected chi connectivity index (χ2v) is 9.23. The van der Waals surface area contributed by atoms with Crippen LogP contribution < -0.4 is 4.74 Å². The molecule has 0 N–H and O–H groups in total. The Balaban J connectivity index is 1.59. The molecule has 0 bridgehead atoms. The lowest BCUT2D eigenvalue weighted by atomic mass is 9.49. The zero-order chi connectivity index (χ0) is 20.3. The summed E-state index contributed by atoms with van der Waals surface area (Å²) in [6, 6.07) is 3.60. The summed E-state index contributed by atoms with van der Waals surface area (Å²) in [6.45, 7) is 9.82. The fourth-order valence-corrected chi connectivity index (χ4v) is 5.67. The number of nitrogens with zero attached hydrogens (tertiary/aromatic N) is 4. The van der Waals surface area contributed by atoms with Gasteiger partial charge < -0.3 is 9.64 Å². The number of aromatic nitrogens is 1. The van der Waals surface area contributed by atoms with Gasteiger partial charge in [0.1, 0.15) is 17.9 Å². The van der Waals surface area contributed by atoms with E-state index in [0.717, 1.165) is 24.3 Å². The van der Waals surface area contributed by atoms with E-state index in [1.54, 1.807) is 6.07 Å². The normalized spacial score (nSPS) is 27.3. The molecule has 2 fully saturated rings. The average molecular weight is 399 g/mol. The van der Waals surface area contributed by atoms with E-state index in [4.69, 9.17) is 21.6 Å². The molecule has 0 atom stereocenters. The molecule has 7 heteroatoms. The van der Waals surface area contributed by atoms with Crippen LogP contribution in [0.3, 0.4) is 0 Å². The highest BCUT2D eigenvalue weighted by Gasteiger charge is 2.67. The third-order valence-electron chi connectivity index (χ3n) is 6.15. The summed E-state index contributed by atoms with van der Waals surface area (Å²) >= 11 is 6.10. The molecule has 1 saturated carbocycles. The highest BCUT2D eigenvalue weighted by molar-refractivity contribution is 6.31. The fraction of sp³-hybridized carbons (Fsp3) is 0.524. The van der Waals surface area contributed by atoms with E-state index < -0.39 is 0 Å². The molecular formula is C21H23ClN4O2. The second kappa shape index (κ2) is 6.31. The van der Waals surface area contributed by atoms with Crippen molar-refractivity contribution in [1.29, 1.82) is 5.26 Å². The molecule has 3 heterocycles. The first kappa shape index (κ1) is 18.9. The molecule has 0 spiro atoms. The van der Waals surface area contributed by atoms with Crippen molar-refractivity contribution in [2.24, 2.45) is 15.8 Å². The SMILES string of the molecule is CC1(C)C(Oc2cnc(C#N)c(Cl)c2)C(C)(C)C1N1CC2=NCCC=C2C1=O. The molecule has 4 rings (SSSR count). The molecule has 1 amide bonds. The Bertz CT molecular complexity index is 942. The van der Waals surface area contributed by atoms with Gasteiger partial charge in [-0.1, -0.05) is 45.4 Å². The lowest BCUT2D eigenvalue weighted by Crippen LogP contribution is -2.74. The first-order valence-electron chi connectivity index (χ1n) is 9.45. The summed E-state index contributed by atoms with van der Waals surface area (Å²) in [5.41, 5.74) is 1.32. The minimum atomic E-state index is -0.270. The number of dihydropyridines is 1. The van der Waals surface area contributed by atoms with Crippen LogP contribution in [0.2, 0.25) is 5.02 Å². The molecule has 2 aliphatic heterocycles. The van der Waals surface area contributed by atoms with Gasteiger partial charge in [0.2, 0.25) is 0 Å². The smallest absolute Gasteiger partial charge is 0.256 e. The van der Waals surface area contributed by atoms with Crippen LogP contribution in [-0.4, -0.2) is 46.7 Å². The maximum Gasteiger partial charge on any atom is 0.256 e. The lowest BCUT2D eigenvalue weighted by Gasteiger charge is -2.65. The number of rotatable bonds is 3. The molecule has 3 aliphatic rings. The molecule has 0 radical (unpaired) electrons. The van der Waals surface area contributed by atoms with E-state index >= 15 is 0 Å². The minimum absolute atomic E-state index is 0.0218. The fourth-order valence-electron chi connectivity index (χ4n) is 5.47. The summed E-state index contributed by atoms with van der Waals surface area (Å²) in [5, 5.41) is 9.27. The van der Waals surface area contributed by atoms with Crippen LogP contribution in [0.5, 0.6) is 5.75 Å². The van der Waals surface area contributed by atoms with Crippen LogP contribution in [0.25, 0.3) is 0 Å². The van der Waals surface area contributed by atoms with Crippen molar-refractivity contribution >= 4 is 23.2 Å². The zero-order valence-corrected chi connectivity index (χ0v) is 17.2. The van der Waals surface area contributed by atoms with Crippen LogP contribution in [0.4, 0.5) is 0 Å². The number of fused-ring (bicyclic) bond motifs is 1. The maximum absolute atomic E-state index is 13.0. The summed E-state index contributed by atoms with van der Waals surface area (Å²) in [6.07, 6.45) is 4.23. The van der Waals surface area contributed by atoms with Crippen molar-refractivity contribution < 1.29 is 9.53 Å². The van der Waals surface area contributed by atoms with Gasteiger partial charge in [-0.3, -0.25) is 9.79 Å². The third-order valence-corrected chi connectivity index (χ3v) is 6.44. The van der Waals surface area contributed by atoms with E-state index in [1.807, 2.05) is 17.0 Å². The molecule has 28 heavy (non-hydrogen) atoms. The first-order chi connectivity index (χ1) is 13.2. The molecule has 0 unspecified atom stereocenters. The number of halogens is 1. The number of ether oxygens (including phenoxy) is 1. The number of hydrogen-bond donors (Lipinski definition) is 0. The van der Waals surface area contributed by atoms with Gasteiger partial charge >= 0.3 is 0 Å². The predicted octanol–water partition coefficient (Wildman–Crippen LogP) is 3.40. The second-order valence-electron chi connectivity index (χ2n) is 8.82. The van der Waals surface area contributed by atoms with Gasteiger partial charge in [-0.25, -0.2) is 4.98 Å². The van der Waals surface area contributed by atoms with Gasteiger partial charge in [-0.05, 0) is 6.42 Å². The highest BCUT2D eigenvalue weighted by Crippen LogP contribution is 2.58. The number of amides is 1. The molecule has 0 aromatic carbocycles. The van der Waals surface area contributed by atoms with Crippen LogP contribution >= 0.6 is 11.6 Å². The lowest BCUT2D eigenvalue weighted by molar-refractivity contribution is -0.206. The Kier molecular flexibility index (Phi) is 4.27. The summed E-state index contributed by atoms with van der Waals surface area (Å²) in [5.74, 6) is 0.605. The van der Waals surface area contributed by atoms with Crippen molar-refractivity contribution in [1.82, 2.24) is 9.88 Å². The van der Waals surface area contributed by atoms with Gasteiger partial charge in [0, 0.05) is 29.5 Å². The molecule has 6 nitrogen and oxygen atoms in total. The molecule has 1 aromatic rings. The number of pyridine rings is 1. The number of likely N-dealkylation sites (tertiary alicyclic amines) is 1. The number of aliphatic imine (C=N–C) groups is 1. The van der Waals surface area contributed by atoms with Crippen molar-refractivity contribution in [3.05, 3.63) is 34.6 Å². The van der Waals surface area contributed by atoms with Crippen molar-refractivity contribution in [3.63, 3.8) is 0 Å². The standard InChI is InChI=1S/C21H23ClN4O2/c1-20(2)18(26-11-16-13(17(26)27)6-5-7-24-16)21(3,4)19(20)28-12-8-14(22)15(9-23)25-10-12/h6,8,10,18-19H,5,7,11H2,1-4H3. The summed E-state index contributed by atoms with van der Waals surface area (Å²) < 4.78 is 6.27. The van der Waals surface area contributed by atoms with Gasteiger partial charge in [0.25, 0.3) is 5.91 Å². The van der Waals surface area contributed by atoms with E-state index in [2.05, 4.69) is 37.7 Å². The Morgan fingerprint density at radius 3 is 2.64 bits per heavy atom. The van der Waals surface area contributed by atoms with Gasteiger partial charge in [0.05, 0.1) is 29.0 Å². The molecule has 1 aromatic heterocycles. The van der Waals surface area contributed by atoms with Crippen molar-refractivity contribution in [3.8, 4) is 11.8 Å². The maximum atomic E-state index is 13.0. The third kappa shape index (κ3) is 2.64. The van der Waals surface area contributed by atoms with Crippen molar-refractivity contribution in [2.45, 2.75) is 46.3 Å². The minimum Gasteiger partial charge on any atom is -0.487 e. The van der Waals surface area contributed by atoms with E-state index in [9.17, 15) is 4.79 Å². The Labute approximate surface area is 169 Å². The van der Waals surface area contributed by atoms with Gasteiger partial charge in [-0.2, -0.15) is 5.26 Å². The molecular weight excluding hydrogens is 376 g/mol.